The second kappa shape index (κ2) is 7.27. The lowest BCUT2D eigenvalue weighted by Gasteiger charge is -2.32. The van der Waals surface area contributed by atoms with Gasteiger partial charge in [-0.2, -0.15) is 0 Å². The average molecular weight is 331 g/mol. The molecule has 0 bridgehead atoms. The number of esters is 2. The van der Waals surface area contributed by atoms with Gasteiger partial charge < -0.3 is 9.47 Å². The number of alkyl halides is 1. The Bertz CT molecular complexity index is 489. The number of hydrogen-bond acceptors (Lipinski definition) is 5. The lowest BCUT2D eigenvalue weighted by atomic mass is 9.73. The molecule has 6 heteroatoms. The van der Waals surface area contributed by atoms with Gasteiger partial charge in [-0.15, -0.1) is 11.6 Å². The van der Waals surface area contributed by atoms with Crippen LogP contribution >= 0.6 is 11.6 Å². The molecule has 0 aromatic rings. The van der Waals surface area contributed by atoms with E-state index in [-0.39, 0.29) is 17.8 Å². The van der Waals surface area contributed by atoms with Crippen molar-refractivity contribution in [2.24, 2.45) is 5.41 Å². The topological polar surface area (TPSA) is 69.7 Å². The van der Waals surface area contributed by atoms with E-state index in [2.05, 4.69) is 0 Å². The van der Waals surface area contributed by atoms with E-state index in [9.17, 15) is 14.4 Å². The Morgan fingerprint density at radius 2 is 2.00 bits per heavy atom. The van der Waals surface area contributed by atoms with Crippen LogP contribution in [0.15, 0.2) is 11.6 Å². The molecule has 0 fully saturated rings. The Balaban J connectivity index is 3.16. The maximum Gasteiger partial charge on any atom is 0.341 e. The molecular formula is C16H23ClO5. The molecule has 0 amide bonds. The number of methoxy groups -OCH3 is 1. The van der Waals surface area contributed by atoms with Crippen LogP contribution in [0.4, 0.5) is 0 Å². The van der Waals surface area contributed by atoms with Crippen molar-refractivity contribution < 1.29 is 23.9 Å². The van der Waals surface area contributed by atoms with Crippen LogP contribution in [0.3, 0.4) is 0 Å². The summed E-state index contributed by atoms with van der Waals surface area (Å²) in [7, 11) is 1.29. The number of rotatable bonds is 5. The minimum Gasteiger partial charge on any atom is -0.468 e. The Labute approximate surface area is 136 Å². The van der Waals surface area contributed by atoms with Crippen molar-refractivity contribution in [2.45, 2.75) is 52.1 Å². The van der Waals surface area contributed by atoms with Gasteiger partial charge in [0.15, 0.2) is 5.78 Å². The van der Waals surface area contributed by atoms with Gasteiger partial charge >= 0.3 is 11.9 Å². The van der Waals surface area contributed by atoms with E-state index >= 15 is 0 Å². The Morgan fingerprint density at radius 1 is 1.36 bits per heavy atom. The van der Waals surface area contributed by atoms with Gasteiger partial charge in [0.25, 0.3) is 0 Å². The third-order valence-corrected chi connectivity index (χ3v) is 3.75. The van der Waals surface area contributed by atoms with Crippen LogP contribution in [0.2, 0.25) is 0 Å². The molecule has 0 aromatic carbocycles. The van der Waals surface area contributed by atoms with E-state index in [0.29, 0.717) is 25.1 Å². The smallest absolute Gasteiger partial charge is 0.341 e. The summed E-state index contributed by atoms with van der Waals surface area (Å²) >= 11 is 5.71. The van der Waals surface area contributed by atoms with Crippen molar-refractivity contribution in [3.63, 3.8) is 0 Å². The average Bonchev–Trinajstić information content (AvgIpc) is 2.44. The zero-order valence-electron chi connectivity index (χ0n) is 13.5. The predicted octanol–water partition coefficient (Wildman–Crippen LogP) is 2.80. The van der Waals surface area contributed by atoms with Crippen molar-refractivity contribution in [3.05, 3.63) is 11.6 Å². The number of ether oxygens (including phenoxy) is 2. The Morgan fingerprint density at radius 3 is 2.50 bits per heavy atom. The molecule has 0 aliphatic heterocycles. The number of hydrogen-bond donors (Lipinski definition) is 0. The highest BCUT2D eigenvalue weighted by Crippen LogP contribution is 2.39. The minimum absolute atomic E-state index is 0.0684. The van der Waals surface area contributed by atoms with Gasteiger partial charge in [0.1, 0.15) is 5.60 Å². The zero-order chi connectivity index (χ0) is 17.0. The van der Waals surface area contributed by atoms with Crippen molar-refractivity contribution in [1.29, 1.82) is 0 Å². The minimum atomic E-state index is -0.982. The number of carbonyl (C=O) groups is 3. The first-order valence-electron chi connectivity index (χ1n) is 7.29. The maximum absolute atomic E-state index is 12.2. The number of halogens is 1. The van der Waals surface area contributed by atoms with E-state index in [1.807, 2.05) is 0 Å². The molecule has 0 saturated carbocycles. The van der Waals surface area contributed by atoms with Crippen LogP contribution in [-0.2, 0) is 23.9 Å². The molecule has 124 valence electrons. The summed E-state index contributed by atoms with van der Waals surface area (Å²) in [6.45, 7) is 5.17. The molecule has 0 spiro atoms. The molecule has 0 unspecified atom stereocenters. The summed E-state index contributed by atoms with van der Waals surface area (Å²) in [5.41, 5.74) is -1.76. The van der Waals surface area contributed by atoms with Crippen LogP contribution in [-0.4, -0.2) is 36.3 Å². The summed E-state index contributed by atoms with van der Waals surface area (Å²) < 4.78 is 10.1. The van der Waals surface area contributed by atoms with Crippen LogP contribution in [0.1, 0.15) is 46.5 Å². The van der Waals surface area contributed by atoms with Crippen LogP contribution in [0.5, 0.6) is 0 Å². The summed E-state index contributed by atoms with van der Waals surface area (Å²) in [6.07, 6.45) is 2.88. The van der Waals surface area contributed by atoms with E-state index < -0.39 is 23.0 Å². The van der Waals surface area contributed by atoms with Gasteiger partial charge in [0.2, 0.25) is 0 Å². The molecular weight excluding hydrogens is 308 g/mol. The lowest BCUT2D eigenvalue weighted by molar-refractivity contribution is -0.152. The monoisotopic (exact) mass is 330 g/mol. The molecule has 5 nitrogen and oxygen atoms in total. The fourth-order valence-electron chi connectivity index (χ4n) is 2.45. The molecule has 0 radical (unpaired) electrons. The molecule has 0 aromatic heterocycles. The van der Waals surface area contributed by atoms with Crippen molar-refractivity contribution >= 4 is 29.3 Å². The van der Waals surface area contributed by atoms with Crippen LogP contribution < -0.4 is 0 Å². The van der Waals surface area contributed by atoms with Gasteiger partial charge in [-0.25, -0.2) is 4.79 Å². The number of carbonyl (C=O) groups excluding carboxylic acids is 3. The molecule has 0 heterocycles. The van der Waals surface area contributed by atoms with Gasteiger partial charge in [0.05, 0.1) is 18.1 Å². The van der Waals surface area contributed by atoms with Crippen LogP contribution in [0, 0.1) is 5.41 Å². The van der Waals surface area contributed by atoms with Crippen LogP contribution in [0.25, 0.3) is 0 Å². The fraction of sp³-hybridized carbons (Fsp3) is 0.688. The first-order valence-corrected chi connectivity index (χ1v) is 7.82. The lowest BCUT2D eigenvalue weighted by Crippen LogP contribution is -2.38. The van der Waals surface area contributed by atoms with E-state index in [1.54, 1.807) is 20.8 Å². The zero-order valence-corrected chi connectivity index (χ0v) is 14.3. The molecule has 1 aliphatic carbocycles. The highest BCUT2D eigenvalue weighted by atomic mass is 35.5. The van der Waals surface area contributed by atoms with E-state index in [0.717, 1.165) is 0 Å². The Hall–Kier alpha value is -1.36. The van der Waals surface area contributed by atoms with Gasteiger partial charge in [-0.1, -0.05) is 0 Å². The second-order valence-corrected chi connectivity index (χ2v) is 6.80. The first-order chi connectivity index (χ1) is 10.1. The highest BCUT2D eigenvalue weighted by Gasteiger charge is 2.43. The fourth-order valence-corrected chi connectivity index (χ4v) is 2.59. The molecule has 1 rings (SSSR count). The highest BCUT2D eigenvalue weighted by molar-refractivity contribution is 6.19. The van der Waals surface area contributed by atoms with Crippen molar-refractivity contribution in [3.8, 4) is 0 Å². The summed E-state index contributed by atoms with van der Waals surface area (Å²) in [5, 5.41) is 0. The molecule has 1 aliphatic rings. The summed E-state index contributed by atoms with van der Waals surface area (Å²) in [5.74, 6) is -1.07. The third-order valence-electron chi connectivity index (χ3n) is 3.49. The Kier molecular flexibility index (Phi) is 6.17. The van der Waals surface area contributed by atoms with Gasteiger partial charge in [-0.3, -0.25) is 9.59 Å². The van der Waals surface area contributed by atoms with Gasteiger partial charge in [-0.05, 0) is 46.1 Å². The van der Waals surface area contributed by atoms with E-state index in [4.69, 9.17) is 21.1 Å². The van der Waals surface area contributed by atoms with Crippen molar-refractivity contribution in [2.75, 3.05) is 13.0 Å². The molecule has 1 atom stereocenters. The number of ketones is 1. The number of Topliss-reactive ketones (excluding diaryl/α,β-unsaturated/α-hetero) is 1. The summed E-state index contributed by atoms with van der Waals surface area (Å²) in [6, 6.07) is 0. The predicted molar refractivity (Wildman–Crippen MR) is 82.6 cm³/mol. The van der Waals surface area contributed by atoms with Gasteiger partial charge in [0, 0.05) is 12.3 Å². The summed E-state index contributed by atoms with van der Waals surface area (Å²) in [4.78, 5) is 36.4. The largest absolute Gasteiger partial charge is 0.468 e. The maximum atomic E-state index is 12.2. The quantitative estimate of drug-likeness (QED) is 0.440. The SMILES string of the molecule is COC(=O)[C@@]1(CCCCl)C=C(C(=O)OC(C)(C)C)C(=O)CC1. The second-order valence-electron chi connectivity index (χ2n) is 6.42. The normalized spacial score (nSPS) is 22.0. The molecule has 0 saturated heterocycles. The van der Waals surface area contributed by atoms with E-state index in [1.165, 1.54) is 13.2 Å². The van der Waals surface area contributed by atoms with Crippen molar-refractivity contribution in [1.82, 2.24) is 0 Å². The molecule has 0 N–H and O–H groups in total. The standard InChI is InChI=1S/C16H23ClO5/c1-15(2,3)22-13(19)11-10-16(7-5-9-17,14(20)21-4)8-6-12(11)18/h10H,5-9H2,1-4H3/t16-/m1/s1. The third kappa shape index (κ3) is 4.57. The first kappa shape index (κ1) is 18.7. The molecule has 22 heavy (non-hydrogen) atoms.